The monoisotopic (exact) mass is 558 g/mol. The highest BCUT2D eigenvalue weighted by molar-refractivity contribution is 6.30. The molecule has 0 radical (unpaired) electrons. The number of alkyl halides is 6. The molecule has 2 heterocycles. The molecule has 0 saturated carbocycles. The van der Waals surface area contributed by atoms with E-state index < -0.39 is 30.3 Å². The van der Waals surface area contributed by atoms with E-state index in [-0.39, 0.29) is 31.4 Å². The summed E-state index contributed by atoms with van der Waals surface area (Å²) in [5.41, 5.74) is 1.36. The van der Waals surface area contributed by atoms with E-state index in [1.54, 1.807) is 35.2 Å². The molecule has 0 aliphatic carbocycles. The van der Waals surface area contributed by atoms with Crippen molar-refractivity contribution in [1.82, 2.24) is 4.90 Å². The van der Waals surface area contributed by atoms with Gasteiger partial charge in [0.1, 0.15) is 5.76 Å². The minimum atomic E-state index is -4.50. The summed E-state index contributed by atoms with van der Waals surface area (Å²) in [6.07, 6.45) is -7.51. The second-order valence-corrected chi connectivity index (χ2v) is 10.2. The van der Waals surface area contributed by atoms with Gasteiger partial charge in [0.25, 0.3) is 0 Å². The van der Waals surface area contributed by atoms with Crippen LogP contribution in [0.3, 0.4) is 0 Å². The van der Waals surface area contributed by atoms with Crippen LogP contribution in [0.25, 0.3) is 5.76 Å². The lowest BCUT2D eigenvalue weighted by atomic mass is 9.89. The lowest BCUT2D eigenvalue weighted by molar-refractivity contribution is -0.178. The maximum absolute atomic E-state index is 14.2. The van der Waals surface area contributed by atoms with E-state index in [9.17, 15) is 26.3 Å². The van der Waals surface area contributed by atoms with E-state index in [2.05, 4.69) is 4.99 Å². The lowest BCUT2D eigenvalue weighted by Gasteiger charge is -2.36. The molecule has 2 atom stereocenters. The molecule has 1 fully saturated rings. The molecule has 38 heavy (non-hydrogen) atoms. The van der Waals surface area contributed by atoms with E-state index in [0.717, 1.165) is 23.3 Å². The predicted molar refractivity (Wildman–Crippen MR) is 136 cm³/mol. The summed E-state index contributed by atoms with van der Waals surface area (Å²) in [5, 5.41) is 0.541. The highest BCUT2D eigenvalue weighted by Gasteiger charge is 2.43. The average molecular weight is 559 g/mol. The first-order valence-electron chi connectivity index (χ1n) is 12.6. The maximum atomic E-state index is 14.2. The van der Waals surface area contributed by atoms with Gasteiger partial charge in [-0.3, -0.25) is 4.99 Å². The van der Waals surface area contributed by atoms with Crippen molar-refractivity contribution in [3.63, 3.8) is 0 Å². The van der Waals surface area contributed by atoms with Crippen LogP contribution in [0.1, 0.15) is 55.2 Å². The van der Waals surface area contributed by atoms with Crippen molar-refractivity contribution < 1.29 is 31.1 Å². The molecular formula is C28H29ClF6N2O. The number of piperidine rings is 1. The summed E-state index contributed by atoms with van der Waals surface area (Å²) < 4.78 is 87.9. The van der Waals surface area contributed by atoms with Gasteiger partial charge in [-0.05, 0) is 73.2 Å². The van der Waals surface area contributed by atoms with Crippen molar-refractivity contribution in [2.24, 2.45) is 10.9 Å². The van der Waals surface area contributed by atoms with E-state index in [4.69, 9.17) is 16.3 Å². The topological polar surface area (TPSA) is 24.8 Å². The Morgan fingerprint density at radius 2 is 1.82 bits per heavy atom. The summed E-state index contributed by atoms with van der Waals surface area (Å²) in [7, 11) is 0. The molecule has 3 nitrogen and oxygen atoms in total. The quantitative estimate of drug-likeness (QED) is 0.319. The van der Waals surface area contributed by atoms with E-state index in [0.29, 0.717) is 42.2 Å². The Morgan fingerprint density at radius 1 is 1.08 bits per heavy atom. The zero-order chi connectivity index (χ0) is 27.5. The fourth-order valence-electron chi connectivity index (χ4n) is 4.99. The lowest BCUT2D eigenvalue weighted by Crippen LogP contribution is -2.42. The number of benzene rings is 2. The van der Waals surface area contributed by atoms with Gasteiger partial charge in [-0.2, -0.15) is 26.3 Å². The van der Waals surface area contributed by atoms with Crippen LogP contribution in [0, 0.1) is 5.92 Å². The molecule has 2 aromatic carbocycles. The minimum absolute atomic E-state index is 0.0286. The highest BCUT2D eigenvalue weighted by Crippen LogP contribution is 2.37. The zero-order valence-corrected chi connectivity index (χ0v) is 21.6. The van der Waals surface area contributed by atoms with Crippen molar-refractivity contribution >= 4 is 23.3 Å². The smallest absolute Gasteiger partial charge is 0.416 e. The zero-order valence-electron chi connectivity index (χ0n) is 20.9. The number of ether oxygens (including phenoxy) is 1. The van der Waals surface area contributed by atoms with Crippen molar-refractivity contribution in [2.45, 2.75) is 50.9 Å². The fraction of sp³-hybridized carbons (Fsp3) is 0.464. The van der Waals surface area contributed by atoms with E-state index >= 15 is 0 Å². The third-order valence-electron chi connectivity index (χ3n) is 7.07. The summed E-state index contributed by atoms with van der Waals surface area (Å²) in [6, 6.07) is 12.0. The highest BCUT2D eigenvalue weighted by atomic mass is 35.5. The number of hydrogen-bond acceptors (Lipinski definition) is 3. The van der Waals surface area contributed by atoms with Gasteiger partial charge in [0.15, 0.2) is 5.90 Å². The largest absolute Gasteiger partial charge is 0.443 e. The first-order valence-corrected chi connectivity index (χ1v) is 13.0. The molecule has 0 amide bonds. The van der Waals surface area contributed by atoms with Crippen LogP contribution in [0.2, 0.25) is 5.02 Å². The third-order valence-corrected chi connectivity index (χ3v) is 7.33. The van der Waals surface area contributed by atoms with Crippen LogP contribution < -0.4 is 0 Å². The van der Waals surface area contributed by atoms with Crippen molar-refractivity contribution in [3.05, 3.63) is 75.8 Å². The fourth-order valence-corrected chi connectivity index (χ4v) is 5.12. The molecule has 10 heteroatoms. The van der Waals surface area contributed by atoms with E-state index in [1.807, 2.05) is 6.92 Å². The number of hydrogen-bond donors (Lipinski definition) is 0. The Hall–Kier alpha value is -2.52. The number of halogens is 7. The van der Waals surface area contributed by atoms with Gasteiger partial charge in [0.05, 0.1) is 18.0 Å². The van der Waals surface area contributed by atoms with Gasteiger partial charge >= 0.3 is 12.4 Å². The third kappa shape index (κ3) is 7.11. The average Bonchev–Trinajstić information content (AvgIpc) is 2.88. The molecule has 1 saturated heterocycles. The van der Waals surface area contributed by atoms with Crippen LogP contribution in [0.5, 0.6) is 0 Å². The summed E-state index contributed by atoms with van der Waals surface area (Å²) >= 11 is 5.98. The Bertz CT molecular complexity index is 1170. The molecule has 4 rings (SSSR count). The molecule has 0 spiro atoms. The first kappa shape index (κ1) is 28.5. The van der Waals surface area contributed by atoms with Crippen molar-refractivity contribution in [2.75, 3.05) is 26.2 Å². The Kier molecular flexibility index (Phi) is 8.77. The minimum Gasteiger partial charge on any atom is -0.443 e. The van der Waals surface area contributed by atoms with E-state index in [1.165, 1.54) is 6.07 Å². The normalized spacial score (nSPS) is 20.2. The Balaban J connectivity index is 1.46. The molecule has 206 valence electrons. The molecule has 2 aliphatic rings. The molecule has 2 aromatic rings. The van der Waals surface area contributed by atoms with Crippen LogP contribution in [-0.4, -0.2) is 43.2 Å². The van der Waals surface area contributed by atoms with Gasteiger partial charge in [0.2, 0.25) is 0 Å². The number of rotatable bonds is 7. The van der Waals surface area contributed by atoms with Crippen molar-refractivity contribution in [1.29, 1.82) is 0 Å². The summed E-state index contributed by atoms with van der Waals surface area (Å²) in [5.74, 6) is -1.45. The SMILES string of the molecule is CCC1=C(c2ccc(Cl)cc2)OC(CC(CN2CCCC(c3cccc(C(F)(F)F)c3)C2)C(F)(F)F)=NC1. The molecular weight excluding hydrogens is 530 g/mol. The molecule has 0 bridgehead atoms. The van der Waals surface area contributed by atoms with Crippen molar-refractivity contribution in [3.8, 4) is 0 Å². The first-order chi connectivity index (χ1) is 17.9. The van der Waals surface area contributed by atoms with Gasteiger partial charge in [-0.25, -0.2) is 0 Å². The summed E-state index contributed by atoms with van der Waals surface area (Å²) in [6.45, 7) is 2.63. The standard InChI is InChI=1S/C28H29ClF6N2O/c1-2-18-15-36-25(38-26(18)19-8-10-24(29)11-9-19)14-23(28(33,34)35)17-37-12-4-6-21(16-37)20-5-3-7-22(13-20)27(30,31)32/h3,5,7-11,13,21,23H,2,4,6,12,14-17H2,1H3. The van der Waals surface area contributed by atoms with Crippen LogP contribution in [0.15, 0.2) is 59.1 Å². The van der Waals surface area contributed by atoms with Gasteiger partial charge in [-0.1, -0.05) is 36.7 Å². The molecule has 0 N–H and O–H groups in total. The predicted octanol–water partition coefficient (Wildman–Crippen LogP) is 8.36. The second-order valence-electron chi connectivity index (χ2n) is 9.77. The van der Waals surface area contributed by atoms with Crippen LogP contribution in [0.4, 0.5) is 26.3 Å². The van der Waals surface area contributed by atoms with Crippen LogP contribution in [-0.2, 0) is 10.9 Å². The maximum Gasteiger partial charge on any atom is 0.416 e. The van der Waals surface area contributed by atoms with Gasteiger partial charge < -0.3 is 9.64 Å². The number of nitrogens with zero attached hydrogens (tertiary/aromatic N) is 2. The number of aliphatic imine (C=N–C) groups is 1. The van der Waals surface area contributed by atoms with Gasteiger partial charge in [-0.15, -0.1) is 0 Å². The number of likely N-dealkylation sites (tertiary alicyclic amines) is 1. The Labute approximate surface area is 223 Å². The second kappa shape index (κ2) is 11.7. The van der Waals surface area contributed by atoms with Gasteiger partial charge in [0, 0.05) is 30.1 Å². The molecule has 0 aromatic heterocycles. The summed E-state index contributed by atoms with van der Waals surface area (Å²) in [4.78, 5) is 6.00. The molecule has 2 aliphatic heterocycles. The molecule has 2 unspecified atom stereocenters. The van der Waals surface area contributed by atoms with Crippen LogP contribution >= 0.6 is 11.6 Å². The Morgan fingerprint density at radius 3 is 2.47 bits per heavy atom.